The van der Waals surface area contributed by atoms with Gasteiger partial charge >= 0.3 is 5.97 Å². The first-order valence-electron chi connectivity index (χ1n) is 5.03. The summed E-state index contributed by atoms with van der Waals surface area (Å²) in [5, 5.41) is 27.6. The zero-order valence-electron chi connectivity index (χ0n) is 9.09. The van der Waals surface area contributed by atoms with Crippen LogP contribution in [0.4, 0.5) is 4.39 Å². The summed E-state index contributed by atoms with van der Waals surface area (Å²) in [6, 6.07) is 7.30. The Morgan fingerprint density at radius 3 is 2.28 bits per heavy atom. The molecule has 0 unspecified atom stereocenters. The van der Waals surface area contributed by atoms with E-state index in [4.69, 9.17) is 5.11 Å². The number of phenols is 2. The highest BCUT2D eigenvalue weighted by Crippen LogP contribution is 2.29. The van der Waals surface area contributed by atoms with Gasteiger partial charge in [0.25, 0.3) is 0 Å². The first-order chi connectivity index (χ1) is 8.47. The van der Waals surface area contributed by atoms with Gasteiger partial charge in [-0.25, -0.2) is 9.18 Å². The van der Waals surface area contributed by atoms with Crippen LogP contribution in [0.1, 0.15) is 10.4 Å². The fourth-order valence-corrected chi connectivity index (χ4v) is 1.63. The van der Waals surface area contributed by atoms with E-state index >= 15 is 0 Å². The molecular weight excluding hydrogens is 239 g/mol. The van der Waals surface area contributed by atoms with Gasteiger partial charge in [-0.05, 0) is 35.4 Å². The second-order valence-electron chi connectivity index (χ2n) is 3.74. The standard InChI is InChI=1S/C13H9FO4/c14-9-3-8(4-10(15)6-9)7-1-2-11(13(17)18)12(16)5-7/h1-6,15-16H,(H,17,18). The summed E-state index contributed by atoms with van der Waals surface area (Å²) in [5.74, 6) is -2.52. The van der Waals surface area contributed by atoms with E-state index in [1.54, 1.807) is 0 Å². The van der Waals surface area contributed by atoms with Crippen LogP contribution in [0.2, 0.25) is 0 Å². The SMILES string of the molecule is O=C(O)c1ccc(-c2cc(O)cc(F)c2)cc1O. The number of hydrogen-bond donors (Lipinski definition) is 3. The van der Waals surface area contributed by atoms with Gasteiger partial charge in [0.05, 0.1) is 0 Å². The first-order valence-corrected chi connectivity index (χ1v) is 5.03. The van der Waals surface area contributed by atoms with Crippen molar-refractivity contribution in [2.45, 2.75) is 0 Å². The van der Waals surface area contributed by atoms with Crippen LogP contribution in [-0.4, -0.2) is 21.3 Å². The molecule has 0 aliphatic carbocycles. The number of aromatic hydroxyl groups is 2. The average molecular weight is 248 g/mol. The lowest BCUT2D eigenvalue weighted by Crippen LogP contribution is -1.96. The molecule has 0 radical (unpaired) electrons. The van der Waals surface area contributed by atoms with Crippen molar-refractivity contribution in [1.82, 2.24) is 0 Å². The summed E-state index contributed by atoms with van der Waals surface area (Å²) in [7, 11) is 0. The molecule has 0 heterocycles. The molecule has 0 fully saturated rings. The van der Waals surface area contributed by atoms with Crippen molar-refractivity contribution >= 4 is 5.97 Å². The topological polar surface area (TPSA) is 77.8 Å². The molecule has 0 aliphatic rings. The van der Waals surface area contributed by atoms with Crippen LogP contribution in [0.5, 0.6) is 11.5 Å². The van der Waals surface area contributed by atoms with Gasteiger partial charge < -0.3 is 15.3 Å². The van der Waals surface area contributed by atoms with E-state index in [9.17, 15) is 19.4 Å². The molecule has 0 aromatic heterocycles. The quantitative estimate of drug-likeness (QED) is 0.763. The maximum absolute atomic E-state index is 13.1. The minimum atomic E-state index is -1.25. The Bertz CT molecular complexity index is 602. The van der Waals surface area contributed by atoms with Crippen molar-refractivity contribution < 1.29 is 24.5 Å². The smallest absolute Gasteiger partial charge is 0.339 e. The van der Waals surface area contributed by atoms with Crippen LogP contribution in [0.15, 0.2) is 36.4 Å². The molecular formula is C13H9FO4. The maximum atomic E-state index is 13.1. The van der Waals surface area contributed by atoms with E-state index in [0.717, 1.165) is 6.07 Å². The van der Waals surface area contributed by atoms with E-state index in [1.807, 2.05) is 0 Å². The molecule has 5 heteroatoms. The number of carboxylic acid groups (broad SMARTS) is 1. The molecule has 0 atom stereocenters. The number of aromatic carboxylic acids is 1. The van der Waals surface area contributed by atoms with Gasteiger partial charge in [0.1, 0.15) is 22.9 Å². The number of hydrogen-bond acceptors (Lipinski definition) is 3. The number of halogens is 1. The van der Waals surface area contributed by atoms with E-state index in [2.05, 4.69) is 0 Å². The number of phenolic OH excluding ortho intramolecular Hbond substituents is 1. The Morgan fingerprint density at radius 2 is 1.72 bits per heavy atom. The molecule has 0 spiro atoms. The third-order valence-corrected chi connectivity index (χ3v) is 2.44. The van der Waals surface area contributed by atoms with Crippen LogP contribution in [-0.2, 0) is 0 Å². The Labute approximate surface area is 102 Å². The van der Waals surface area contributed by atoms with E-state index < -0.39 is 17.5 Å². The molecule has 0 aliphatic heterocycles. The van der Waals surface area contributed by atoms with Gasteiger partial charge in [0, 0.05) is 6.07 Å². The molecule has 4 nitrogen and oxygen atoms in total. The highest BCUT2D eigenvalue weighted by atomic mass is 19.1. The minimum Gasteiger partial charge on any atom is -0.508 e. The van der Waals surface area contributed by atoms with Crippen LogP contribution in [0.25, 0.3) is 11.1 Å². The van der Waals surface area contributed by atoms with Gasteiger partial charge in [-0.1, -0.05) is 6.07 Å². The third-order valence-electron chi connectivity index (χ3n) is 2.44. The highest BCUT2D eigenvalue weighted by molar-refractivity contribution is 5.91. The Hall–Kier alpha value is -2.56. The third kappa shape index (κ3) is 2.24. The lowest BCUT2D eigenvalue weighted by molar-refractivity contribution is 0.0694. The predicted molar refractivity (Wildman–Crippen MR) is 62.1 cm³/mol. The molecule has 0 bridgehead atoms. The Morgan fingerprint density at radius 1 is 1.00 bits per heavy atom. The lowest BCUT2D eigenvalue weighted by atomic mass is 10.0. The van der Waals surface area contributed by atoms with Crippen LogP contribution in [0, 0.1) is 5.82 Å². The highest BCUT2D eigenvalue weighted by Gasteiger charge is 2.11. The molecule has 92 valence electrons. The number of carbonyl (C=O) groups is 1. The molecule has 0 saturated heterocycles. The largest absolute Gasteiger partial charge is 0.508 e. The zero-order chi connectivity index (χ0) is 13.3. The van der Waals surface area contributed by atoms with Crippen LogP contribution < -0.4 is 0 Å². The normalized spacial score (nSPS) is 10.3. The fourth-order valence-electron chi connectivity index (χ4n) is 1.63. The molecule has 2 rings (SSSR count). The Kier molecular flexibility index (Phi) is 2.89. The summed E-state index contributed by atoms with van der Waals surface area (Å²) in [4.78, 5) is 10.7. The predicted octanol–water partition coefficient (Wildman–Crippen LogP) is 2.60. The second-order valence-corrected chi connectivity index (χ2v) is 3.74. The number of rotatable bonds is 2. The average Bonchev–Trinajstić information content (AvgIpc) is 2.26. The summed E-state index contributed by atoms with van der Waals surface area (Å²) < 4.78 is 13.1. The minimum absolute atomic E-state index is 0.237. The fraction of sp³-hybridized carbons (Fsp3) is 0. The molecule has 3 N–H and O–H groups in total. The van der Waals surface area contributed by atoms with Crippen LogP contribution in [0.3, 0.4) is 0 Å². The van der Waals surface area contributed by atoms with E-state index in [1.165, 1.54) is 30.3 Å². The van der Waals surface area contributed by atoms with Crippen molar-refractivity contribution in [2.75, 3.05) is 0 Å². The Balaban J connectivity index is 2.52. The van der Waals surface area contributed by atoms with Crippen molar-refractivity contribution in [2.24, 2.45) is 0 Å². The summed E-state index contributed by atoms with van der Waals surface area (Å²) in [6.45, 7) is 0. The van der Waals surface area contributed by atoms with Gasteiger partial charge in [-0.2, -0.15) is 0 Å². The van der Waals surface area contributed by atoms with Gasteiger partial charge in [0.15, 0.2) is 0 Å². The maximum Gasteiger partial charge on any atom is 0.339 e. The number of benzene rings is 2. The summed E-state index contributed by atoms with van der Waals surface area (Å²) >= 11 is 0. The second kappa shape index (κ2) is 4.37. The lowest BCUT2D eigenvalue weighted by Gasteiger charge is -2.05. The van der Waals surface area contributed by atoms with Gasteiger partial charge in [-0.3, -0.25) is 0 Å². The molecule has 18 heavy (non-hydrogen) atoms. The first kappa shape index (κ1) is 11.9. The molecule has 2 aromatic carbocycles. The molecule has 0 saturated carbocycles. The van der Waals surface area contributed by atoms with Crippen molar-refractivity contribution in [3.05, 3.63) is 47.8 Å². The zero-order valence-corrected chi connectivity index (χ0v) is 9.09. The summed E-state index contributed by atoms with van der Waals surface area (Å²) in [5.41, 5.74) is 0.520. The molecule has 2 aromatic rings. The molecule has 0 amide bonds. The van der Waals surface area contributed by atoms with Gasteiger partial charge in [-0.15, -0.1) is 0 Å². The van der Waals surface area contributed by atoms with Gasteiger partial charge in [0.2, 0.25) is 0 Å². The van der Waals surface area contributed by atoms with Crippen molar-refractivity contribution in [1.29, 1.82) is 0 Å². The van der Waals surface area contributed by atoms with Crippen molar-refractivity contribution in [3.63, 3.8) is 0 Å². The van der Waals surface area contributed by atoms with Crippen molar-refractivity contribution in [3.8, 4) is 22.6 Å². The van der Waals surface area contributed by atoms with Crippen LogP contribution >= 0.6 is 0 Å². The monoisotopic (exact) mass is 248 g/mol. The summed E-state index contributed by atoms with van der Waals surface area (Å²) in [6.07, 6.45) is 0. The van der Waals surface area contributed by atoms with E-state index in [0.29, 0.717) is 11.1 Å². The van der Waals surface area contributed by atoms with E-state index in [-0.39, 0.29) is 11.3 Å². The number of carboxylic acids is 1.